The molecule has 0 amide bonds. The van der Waals surface area contributed by atoms with Crippen molar-refractivity contribution in [2.24, 2.45) is 0 Å². The first-order valence-corrected chi connectivity index (χ1v) is 10.7. The second-order valence-electron chi connectivity index (χ2n) is 6.01. The molecule has 27 heavy (non-hydrogen) atoms. The molecule has 0 aliphatic carbocycles. The van der Waals surface area contributed by atoms with Gasteiger partial charge in [-0.2, -0.15) is 9.29 Å². The van der Waals surface area contributed by atoms with E-state index in [-0.39, 0.29) is 9.92 Å². The van der Waals surface area contributed by atoms with E-state index >= 15 is 0 Å². The van der Waals surface area contributed by atoms with Crippen LogP contribution in [0.5, 0.6) is 5.88 Å². The molecule has 1 aromatic heterocycles. The van der Waals surface area contributed by atoms with Gasteiger partial charge in [0.05, 0.1) is 21.5 Å². The second-order valence-corrected chi connectivity index (χ2v) is 8.76. The molecule has 1 aromatic carbocycles. The van der Waals surface area contributed by atoms with Crippen molar-refractivity contribution in [1.82, 2.24) is 14.3 Å². The molecule has 1 saturated heterocycles. The van der Waals surface area contributed by atoms with Crippen LogP contribution >= 0.6 is 23.2 Å². The predicted molar refractivity (Wildman–Crippen MR) is 105 cm³/mol. The number of nitrogens with zero attached hydrogens (tertiary/aromatic N) is 4. The summed E-state index contributed by atoms with van der Waals surface area (Å²) < 4.78 is 32.6. The fourth-order valence-electron chi connectivity index (χ4n) is 2.85. The highest BCUT2D eigenvalue weighted by atomic mass is 35.5. The number of rotatable bonds is 5. The number of aromatic nitrogens is 2. The summed E-state index contributed by atoms with van der Waals surface area (Å²) in [4.78, 5) is 10.8. The SMILES string of the molecule is CCOc1cc(N2CCN(S(=O)(=O)c3ccc(Cl)c(Cl)c3)CC2)nc(C)n1. The van der Waals surface area contributed by atoms with Gasteiger partial charge in [-0.1, -0.05) is 23.2 Å². The van der Waals surface area contributed by atoms with Crippen LogP contribution in [0.15, 0.2) is 29.2 Å². The molecular formula is C17H20Cl2N4O3S. The van der Waals surface area contributed by atoms with Crippen LogP contribution in [0.4, 0.5) is 5.82 Å². The fraction of sp³-hybridized carbons (Fsp3) is 0.412. The first-order valence-electron chi connectivity index (χ1n) is 8.50. The van der Waals surface area contributed by atoms with Crippen LogP contribution < -0.4 is 9.64 Å². The summed E-state index contributed by atoms with van der Waals surface area (Å²) in [6.07, 6.45) is 0. The molecule has 2 heterocycles. The maximum Gasteiger partial charge on any atom is 0.243 e. The molecule has 0 radical (unpaired) electrons. The molecule has 0 saturated carbocycles. The lowest BCUT2D eigenvalue weighted by atomic mass is 10.3. The molecule has 0 atom stereocenters. The third-order valence-electron chi connectivity index (χ3n) is 4.18. The Morgan fingerprint density at radius 1 is 1.07 bits per heavy atom. The Balaban J connectivity index is 1.74. The third-order valence-corrected chi connectivity index (χ3v) is 6.82. The number of hydrogen-bond donors (Lipinski definition) is 0. The molecule has 1 aliphatic rings. The number of halogens is 2. The minimum Gasteiger partial charge on any atom is -0.478 e. The quantitative estimate of drug-likeness (QED) is 0.725. The number of benzene rings is 1. The zero-order valence-electron chi connectivity index (χ0n) is 15.0. The van der Waals surface area contributed by atoms with Gasteiger partial charge in [-0.05, 0) is 32.0 Å². The van der Waals surface area contributed by atoms with Crippen molar-refractivity contribution in [3.63, 3.8) is 0 Å². The number of piperazine rings is 1. The summed E-state index contributed by atoms with van der Waals surface area (Å²) in [7, 11) is -3.63. The van der Waals surface area contributed by atoms with Crippen LogP contribution in [0.1, 0.15) is 12.7 Å². The first-order chi connectivity index (χ1) is 12.8. The molecule has 146 valence electrons. The Bertz CT molecular complexity index is 932. The predicted octanol–water partition coefficient (Wildman–Crippen LogP) is 3.00. The van der Waals surface area contributed by atoms with Gasteiger partial charge in [0.15, 0.2) is 0 Å². The van der Waals surface area contributed by atoms with E-state index in [9.17, 15) is 8.42 Å². The minimum absolute atomic E-state index is 0.141. The van der Waals surface area contributed by atoms with Crippen LogP contribution in [0.3, 0.4) is 0 Å². The normalized spacial score (nSPS) is 15.8. The molecule has 7 nitrogen and oxygen atoms in total. The van der Waals surface area contributed by atoms with Gasteiger partial charge in [-0.15, -0.1) is 0 Å². The lowest BCUT2D eigenvalue weighted by Crippen LogP contribution is -2.49. The number of sulfonamides is 1. The lowest BCUT2D eigenvalue weighted by molar-refractivity contribution is 0.325. The second kappa shape index (κ2) is 8.18. The number of anilines is 1. The van der Waals surface area contributed by atoms with Crippen LogP contribution in [-0.2, 0) is 10.0 Å². The molecule has 10 heteroatoms. The summed E-state index contributed by atoms with van der Waals surface area (Å²) >= 11 is 11.9. The van der Waals surface area contributed by atoms with Gasteiger partial charge in [-0.3, -0.25) is 0 Å². The van der Waals surface area contributed by atoms with Gasteiger partial charge in [0.25, 0.3) is 0 Å². The summed E-state index contributed by atoms with van der Waals surface area (Å²) in [5, 5.41) is 0.543. The molecule has 0 bridgehead atoms. The highest BCUT2D eigenvalue weighted by Gasteiger charge is 2.29. The monoisotopic (exact) mass is 430 g/mol. The third kappa shape index (κ3) is 4.45. The van der Waals surface area contributed by atoms with Crippen molar-refractivity contribution in [1.29, 1.82) is 0 Å². The summed E-state index contributed by atoms with van der Waals surface area (Å²) in [6.45, 7) is 5.93. The van der Waals surface area contributed by atoms with E-state index in [4.69, 9.17) is 27.9 Å². The van der Waals surface area contributed by atoms with Crippen molar-refractivity contribution >= 4 is 39.0 Å². The smallest absolute Gasteiger partial charge is 0.243 e. The van der Waals surface area contributed by atoms with Crippen LogP contribution in [0.25, 0.3) is 0 Å². The van der Waals surface area contributed by atoms with Gasteiger partial charge in [-0.25, -0.2) is 13.4 Å². The van der Waals surface area contributed by atoms with Crippen molar-refractivity contribution < 1.29 is 13.2 Å². The van der Waals surface area contributed by atoms with Crippen molar-refractivity contribution in [3.8, 4) is 5.88 Å². The topological polar surface area (TPSA) is 75.6 Å². The molecule has 0 spiro atoms. The van der Waals surface area contributed by atoms with Gasteiger partial charge >= 0.3 is 0 Å². The van der Waals surface area contributed by atoms with Gasteiger partial charge in [0.1, 0.15) is 11.6 Å². The Morgan fingerprint density at radius 3 is 2.41 bits per heavy atom. The van der Waals surface area contributed by atoms with E-state index in [1.165, 1.54) is 22.5 Å². The van der Waals surface area contributed by atoms with Crippen LogP contribution in [-0.4, -0.2) is 55.5 Å². The lowest BCUT2D eigenvalue weighted by Gasteiger charge is -2.34. The minimum atomic E-state index is -3.63. The van der Waals surface area contributed by atoms with Crippen molar-refractivity contribution in [2.75, 3.05) is 37.7 Å². The Morgan fingerprint density at radius 2 is 1.78 bits per heavy atom. The fourth-order valence-corrected chi connectivity index (χ4v) is 4.66. The van der Waals surface area contributed by atoms with Crippen LogP contribution in [0.2, 0.25) is 10.0 Å². The standard InChI is InChI=1S/C17H20Cl2N4O3S/c1-3-26-17-11-16(20-12(2)21-17)22-6-8-23(9-7-22)27(24,25)13-4-5-14(18)15(19)10-13/h4-5,10-11H,3,6-9H2,1-2H3. The maximum absolute atomic E-state index is 12.8. The van der Waals surface area contributed by atoms with E-state index in [0.29, 0.717) is 49.5 Å². The zero-order valence-corrected chi connectivity index (χ0v) is 17.4. The van der Waals surface area contributed by atoms with Gasteiger partial charge in [0, 0.05) is 32.2 Å². The Kier molecular flexibility index (Phi) is 6.10. The first kappa shape index (κ1) is 20.1. The van der Waals surface area contributed by atoms with E-state index in [1.807, 2.05) is 11.8 Å². The largest absolute Gasteiger partial charge is 0.478 e. The maximum atomic E-state index is 12.8. The summed E-state index contributed by atoms with van der Waals surface area (Å²) in [5.74, 6) is 1.87. The highest BCUT2D eigenvalue weighted by Crippen LogP contribution is 2.27. The molecule has 3 rings (SSSR count). The average Bonchev–Trinajstić information content (AvgIpc) is 2.64. The van der Waals surface area contributed by atoms with Gasteiger partial charge < -0.3 is 9.64 Å². The van der Waals surface area contributed by atoms with Gasteiger partial charge in [0.2, 0.25) is 15.9 Å². The molecule has 0 unspecified atom stereocenters. The number of hydrogen-bond acceptors (Lipinski definition) is 6. The molecule has 1 fully saturated rings. The molecule has 0 N–H and O–H groups in total. The highest BCUT2D eigenvalue weighted by molar-refractivity contribution is 7.89. The molecular weight excluding hydrogens is 411 g/mol. The van der Waals surface area contributed by atoms with E-state index < -0.39 is 10.0 Å². The number of aryl methyl sites for hydroxylation is 1. The molecule has 1 aliphatic heterocycles. The van der Waals surface area contributed by atoms with E-state index in [0.717, 1.165) is 5.82 Å². The van der Waals surface area contributed by atoms with E-state index in [2.05, 4.69) is 9.97 Å². The van der Waals surface area contributed by atoms with Crippen molar-refractivity contribution in [3.05, 3.63) is 40.1 Å². The number of ether oxygens (including phenoxy) is 1. The Labute approximate surface area is 168 Å². The summed E-state index contributed by atoms with van der Waals surface area (Å²) in [6, 6.07) is 6.12. The Hall–Kier alpha value is -1.61. The average molecular weight is 431 g/mol. The van der Waals surface area contributed by atoms with Crippen LogP contribution in [0, 0.1) is 6.92 Å². The van der Waals surface area contributed by atoms with Crippen molar-refractivity contribution in [2.45, 2.75) is 18.7 Å². The van der Waals surface area contributed by atoms with E-state index in [1.54, 1.807) is 13.0 Å². The molecule has 2 aromatic rings. The summed E-state index contributed by atoms with van der Waals surface area (Å²) in [5.41, 5.74) is 0. The zero-order chi connectivity index (χ0) is 19.6.